The summed E-state index contributed by atoms with van der Waals surface area (Å²) in [7, 11) is 1.37. The molecule has 1 saturated carbocycles. The van der Waals surface area contributed by atoms with Gasteiger partial charge in [0.1, 0.15) is 6.04 Å². The SMILES string of the molecule is COC(=O)C(CC1CCCCC1)n1c(C)cc(Cl)cc1=O. The van der Waals surface area contributed by atoms with Crippen LogP contribution in [0.1, 0.15) is 50.3 Å². The van der Waals surface area contributed by atoms with E-state index in [0.29, 0.717) is 23.1 Å². The summed E-state index contributed by atoms with van der Waals surface area (Å²) in [6.45, 7) is 1.80. The molecule has 1 aliphatic rings. The van der Waals surface area contributed by atoms with E-state index in [2.05, 4.69) is 0 Å². The van der Waals surface area contributed by atoms with Gasteiger partial charge >= 0.3 is 5.97 Å². The Morgan fingerprint density at radius 2 is 2.05 bits per heavy atom. The van der Waals surface area contributed by atoms with Gasteiger partial charge in [-0.05, 0) is 25.3 Å². The van der Waals surface area contributed by atoms with Crippen LogP contribution in [-0.4, -0.2) is 17.6 Å². The molecule has 2 rings (SSSR count). The van der Waals surface area contributed by atoms with Gasteiger partial charge in [0.15, 0.2) is 0 Å². The van der Waals surface area contributed by atoms with Crippen LogP contribution >= 0.6 is 11.6 Å². The topological polar surface area (TPSA) is 48.3 Å². The number of nitrogens with zero attached hydrogens (tertiary/aromatic N) is 1. The zero-order valence-electron chi connectivity index (χ0n) is 12.6. The summed E-state index contributed by atoms with van der Waals surface area (Å²) in [5, 5.41) is 0.398. The van der Waals surface area contributed by atoms with Crippen LogP contribution in [0.3, 0.4) is 0 Å². The summed E-state index contributed by atoms with van der Waals surface area (Å²) in [5.74, 6) is 0.123. The standard InChI is InChI=1S/C16H22ClNO3/c1-11-8-13(17)10-15(19)18(11)14(16(20)21-2)9-12-6-4-3-5-7-12/h8,10,12,14H,3-7,9H2,1-2H3. The molecule has 1 aliphatic carbocycles. The fourth-order valence-corrected chi connectivity index (χ4v) is 3.50. The summed E-state index contributed by atoms with van der Waals surface area (Å²) in [6, 6.07) is 2.51. The summed E-state index contributed by atoms with van der Waals surface area (Å²) >= 11 is 5.90. The third-order valence-corrected chi connectivity index (χ3v) is 4.51. The Balaban J connectivity index is 2.32. The minimum atomic E-state index is -0.553. The molecule has 1 aromatic rings. The zero-order valence-corrected chi connectivity index (χ0v) is 13.4. The predicted octanol–water partition coefficient (Wildman–Crippen LogP) is 3.49. The van der Waals surface area contributed by atoms with Gasteiger partial charge in [-0.3, -0.25) is 9.36 Å². The fraction of sp³-hybridized carbons (Fsp3) is 0.625. The van der Waals surface area contributed by atoms with E-state index >= 15 is 0 Å². The highest BCUT2D eigenvalue weighted by Gasteiger charge is 2.28. The lowest BCUT2D eigenvalue weighted by Crippen LogP contribution is -2.33. The Morgan fingerprint density at radius 3 is 2.62 bits per heavy atom. The maximum absolute atomic E-state index is 12.2. The molecule has 0 spiro atoms. The van der Waals surface area contributed by atoms with E-state index in [-0.39, 0.29) is 11.5 Å². The van der Waals surface area contributed by atoms with Crippen LogP contribution in [0.4, 0.5) is 0 Å². The highest BCUT2D eigenvalue weighted by molar-refractivity contribution is 6.30. The van der Waals surface area contributed by atoms with Crippen LogP contribution < -0.4 is 5.56 Å². The Bertz CT molecular complexity index is 561. The van der Waals surface area contributed by atoms with Crippen LogP contribution in [0.25, 0.3) is 0 Å². The van der Waals surface area contributed by atoms with Crippen molar-refractivity contribution in [3.63, 3.8) is 0 Å². The number of carbonyl (C=O) groups excluding carboxylic acids is 1. The molecule has 21 heavy (non-hydrogen) atoms. The van der Waals surface area contributed by atoms with Crippen LogP contribution in [0.5, 0.6) is 0 Å². The van der Waals surface area contributed by atoms with Crippen molar-refractivity contribution in [2.45, 2.75) is 51.5 Å². The number of halogens is 1. The third-order valence-electron chi connectivity index (χ3n) is 4.29. The minimum Gasteiger partial charge on any atom is -0.467 e. The third kappa shape index (κ3) is 3.88. The van der Waals surface area contributed by atoms with E-state index in [9.17, 15) is 9.59 Å². The summed E-state index contributed by atoms with van der Waals surface area (Å²) in [4.78, 5) is 24.4. The predicted molar refractivity (Wildman–Crippen MR) is 82.7 cm³/mol. The molecule has 0 amide bonds. The lowest BCUT2D eigenvalue weighted by Gasteiger charge is -2.27. The number of rotatable bonds is 4. The summed E-state index contributed by atoms with van der Waals surface area (Å²) in [6.07, 6.45) is 6.57. The number of carbonyl (C=O) groups is 1. The van der Waals surface area contributed by atoms with Crippen molar-refractivity contribution in [1.29, 1.82) is 0 Å². The molecule has 0 N–H and O–H groups in total. The first-order valence-corrected chi connectivity index (χ1v) is 7.87. The second kappa shape index (κ2) is 7.12. The molecule has 0 bridgehead atoms. The monoisotopic (exact) mass is 311 g/mol. The molecule has 0 aromatic carbocycles. The van der Waals surface area contributed by atoms with Crippen LogP contribution in [-0.2, 0) is 9.53 Å². The number of aromatic nitrogens is 1. The highest BCUT2D eigenvalue weighted by atomic mass is 35.5. The second-order valence-electron chi connectivity index (χ2n) is 5.80. The quantitative estimate of drug-likeness (QED) is 0.800. The number of pyridine rings is 1. The molecule has 1 aromatic heterocycles. The van der Waals surface area contributed by atoms with E-state index in [0.717, 1.165) is 12.8 Å². The number of ether oxygens (including phenoxy) is 1. The Kier molecular flexibility index (Phi) is 5.45. The number of hydrogen-bond donors (Lipinski definition) is 0. The number of aryl methyl sites for hydroxylation is 1. The molecular formula is C16H22ClNO3. The lowest BCUT2D eigenvalue weighted by atomic mass is 9.84. The van der Waals surface area contributed by atoms with E-state index in [1.165, 1.54) is 37.0 Å². The molecule has 1 unspecified atom stereocenters. The van der Waals surface area contributed by atoms with Crippen LogP contribution in [0.15, 0.2) is 16.9 Å². The van der Waals surface area contributed by atoms with Crippen LogP contribution in [0.2, 0.25) is 5.02 Å². The number of esters is 1. The molecule has 116 valence electrons. The zero-order chi connectivity index (χ0) is 15.4. The smallest absolute Gasteiger partial charge is 0.328 e. The van der Waals surface area contributed by atoms with Gasteiger partial charge < -0.3 is 4.74 Å². The van der Waals surface area contributed by atoms with Gasteiger partial charge in [-0.1, -0.05) is 43.7 Å². The van der Waals surface area contributed by atoms with Crippen molar-refractivity contribution in [2.75, 3.05) is 7.11 Å². The molecule has 1 atom stereocenters. The van der Waals surface area contributed by atoms with Crippen molar-refractivity contribution in [3.05, 3.63) is 33.2 Å². The van der Waals surface area contributed by atoms with Crippen molar-refractivity contribution in [1.82, 2.24) is 4.57 Å². The molecule has 1 heterocycles. The van der Waals surface area contributed by atoms with Crippen molar-refractivity contribution >= 4 is 17.6 Å². The second-order valence-corrected chi connectivity index (χ2v) is 6.24. The first-order chi connectivity index (χ1) is 10.0. The Labute approximate surface area is 130 Å². The average Bonchev–Trinajstić information content (AvgIpc) is 2.45. The van der Waals surface area contributed by atoms with Crippen molar-refractivity contribution in [3.8, 4) is 0 Å². The molecular weight excluding hydrogens is 290 g/mol. The number of methoxy groups -OCH3 is 1. The fourth-order valence-electron chi connectivity index (χ4n) is 3.25. The van der Waals surface area contributed by atoms with Gasteiger partial charge in [-0.15, -0.1) is 0 Å². The summed E-state index contributed by atoms with van der Waals surface area (Å²) < 4.78 is 6.44. The number of hydrogen-bond acceptors (Lipinski definition) is 3. The highest BCUT2D eigenvalue weighted by Crippen LogP contribution is 2.31. The normalized spacial score (nSPS) is 17.5. The molecule has 0 saturated heterocycles. The Hall–Kier alpha value is -1.29. The molecule has 4 nitrogen and oxygen atoms in total. The van der Waals surface area contributed by atoms with E-state index in [4.69, 9.17) is 16.3 Å². The van der Waals surface area contributed by atoms with Gasteiger partial charge in [0.25, 0.3) is 5.56 Å². The first kappa shape index (κ1) is 16.1. The summed E-state index contributed by atoms with van der Waals surface area (Å²) in [5.41, 5.74) is 0.449. The van der Waals surface area contributed by atoms with Gasteiger partial charge in [0, 0.05) is 16.8 Å². The molecule has 0 aliphatic heterocycles. The van der Waals surface area contributed by atoms with Crippen molar-refractivity contribution in [2.24, 2.45) is 5.92 Å². The van der Waals surface area contributed by atoms with Gasteiger partial charge in [0.2, 0.25) is 0 Å². The first-order valence-electron chi connectivity index (χ1n) is 7.49. The molecule has 1 fully saturated rings. The van der Waals surface area contributed by atoms with Gasteiger partial charge in [-0.25, -0.2) is 4.79 Å². The van der Waals surface area contributed by atoms with E-state index < -0.39 is 6.04 Å². The maximum Gasteiger partial charge on any atom is 0.328 e. The average molecular weight is 312 g/mol. The van der Waals surface area contributed by atoms with Crippen LogP contribution in [0, 0.1) is 12.8 Å². The van der Waals surface area contributed by atoms with Gasteiger partial charge in [0.05, 0.1) is 7.11 Å². The molecule has 5 heteroatoms. The van der Waals surface area contributed by atoms with Gasteiger partial charge in [-0.2, -0.15) is 0 Å². The Morgan fingerprint density at radius 1 is 1.38 bits per heavy atom. The van der Waals surface area contributed by atoms with E-state index in [1.807, 2.05) is 0 Å². The largest absolute Gasteiger partial charge is 0.467 e. The minimum absolute atomic E-state index is 0.244. The van der Waals surface area contributed by atoms with E-state index in [1.54, 1.807) is 13.0 Å². The lowest BCUT2D eigenvalue weighted by molar-refractivity contribution is -0.145. The van der Waals surface area contributed by atoms with Crippen molar-refractivity contribution < 1.29 is 9.53 Å². The maximum atomic E-state index is 12.2. The molecule has 0 radical (unpaired) electrons.